The first-order valence-electron chi connectivity index (χ1n) is 10.2. The van der Waals surface area contributed by atoms with E-state index in [0.29, 0.717) is 22.0 Å². The second-order valence-corrected chi connectivity index (χ2v) is 7.53. The Bertz CT molecular complexity index is 1400. The summed E-state index contributed by atoms with van der Waals surface area (Å²) in [4.78, 5) is 36.6. The molecule has 0 aliphatic heterocycles. The molecule has 2 N–H and O–H groups in total. The number of hydrogen-bond donors (Lipinski definition) is 2. The number of nitrogens with one attached hydrogen (secondary N) is 2. The van der Waals surface area contributed by atoms with Crippen LogP contribution in [0.25, 0.3) is 10.8 Å². The Morgan fingerprint density at radius 3 is 2.29 bits per heavy atom. The van der Waals surface area contributed by atoms with Crippen molar-refractivity contribution in [1.82, 2.24) is 5.43 Å². The van der Waals surface area contributed by atoms with E-state index >= 15 is 0 Å². The smallest absolute Gasteiger partial charge is 0.345 e. The van der Waals surface area contributed by atoms with Crippen LogP contribution in [-0.4, -0.2) is 24.0 Å². The van der Waals surface area contributed by atoms with Crippen LogP contribution in [0.2, 0.25) is 5.02 Å². The summed E-state index contributed by atoms with van der Waals surface area (Å²) in [5, 5.41) is 8.47. The van der Waals surface area contributed by atoms with Crippen LogP contribution < -0.4 is 15.5 Å². The van der Waals surface area contributed by atoms with E-state index in [0.717, 1.165) is 10.8 Å². The van der Waals surface area contributed by atoms with Gasteiger partial charge in [-0.1, -0.05) is 60.1 Å². The Balaban J connectivity index is 1.32. The molecule has 0 saturated heterocycles. The average molecular weight is 472 g/mol. The maximum absolute atomic E-state index is 12.2. The molecule has 0 aliphatic carbocycles. The fraction of sp³-hybridized carbons (Fsp3) is 0. The van der Waals surface area contributed by atoms with Crippen LogP contribution in [0.3, 0.4) is 0 Å². The molecule has 0 unspecified atom stereocenters. The summed E-state index contributed by atoms with van der Waals surface area (Å²) in [6, 6.07) is 26.0. The molecule has 7 nitrogen and oxygen atoms in total. The van der Waals surface area contributed by atoms with Gasteiger partial charge in [0.1, 0.15) is 5.75 Å². The van der Waals surface area contributed by atoms with Gasteiger partial charge in [0.2, 0.25) is 0 Å². The number of carbonyl (C=O) groups excluding carboxylic acids is 3. The van der Waals surface area contributed by atoms with Gasteiger partial charge in [-0.2, -0.15) is 5.10 Å². The number of nitrogens with zero attached hydrogens (tertiary/aromatic N) is 1. The van der Waals surface area contributed by atoms with Gasteiger partial charge in [0.15, 0.2) is 0 Å². The maximum atomic E-state index is 12.2. The fourth-order valence-corrected chi connectivity index (χ4v) is 3.35. The molecule has 4 rings (SSSR count). The lowest BCUT2D eigenvalue weighted by Gasteiger charge is -2.07. The van der Waals surface area contributed by atoms with Gasteiger partial charge in [-0.15, -0.1) is 0 Å². The lowest BCUT2D eigenvalue weighted by atomic mass is 10.1. The third kappa shape index (κ3) is 5.46. The number of carbonyl (C=O) groups is 3. The van der Waals surface area contributed by atoms with Crippen molar-refractivity contribution in [3.8, 4) is 5.75 Å². The van der Waals surface area contributed by atoms with E-state index in [4.69, 9.17) is 16.3 Å². The minimum Gasteiger partial charge on any atom is -0.423 e. The topological polar surface area (TPSA) is 96.9 Å². The van der Waals surface area contributed by atoms with E-state index < -0.39 is 17.8 Å². The maximum Gasteiger partial charge on any atom is 0.345 e. The molecule has 0 aromatic heterocycles. The zero-order valence-electron chi connectivity index (χ0n) is 17.7. The molecular weight excluding hydrogens is 454 g/mol. The molecule has 0 fully saturated rings. The predicted octanol–water partition coefficient (Wildman–Crippen LogP) is 4.80. The Labute approximate surface area is 200 Å². The van der Waals surface area contributed by atoms with E-state index in [1.54, 1.807) is 60.7 Å². The van der Waals surface area contributed by atoms with Crippen LogP contribution >= 0.6 is 11.6 Å². The second kappa shape index (κ2) is 10.4. The number of halogens is 1. The molecular formula is C26H18ClN3O4. The van der Waals surface area contributed by atoms with Crippen molar-refractivity contribution in [3.05, 3.63) is 107 Å². The summed E-state index contributed by atoms with van der Waals surface area (Å²) >= 11 is 6.01. The van der Waals surface area contributed by atoms with Crippen molar-refractivity contribution in [1.29, 1.82) is 0 Å². The van der Waals surface area contributed by atoms with Crippen molar-refractivity contribution < 1.29 is 19.1 Å². The zero-order valence-corrected chi connectivity index (χ0v) is 18.5. The highest BCUT2D eigenvalue weighted by Gasteiger charge is 2.14. The lowest BCUT2D eigenvalue weighted by Crippen LogP contribution is -2.32. The molecule has 2 amide bonds. The summed E-state index contributed by atoms with van der Waals surface area (Å²) in [5.41, 5.74) is 3.60. The molecule has 4 aromatic rings. The highest BCUT2D eigenvalue weighted by atomic mass is 35.5. The van der Waals surface area contributed by atoms with Crippen molar-refractivity contribution in [2.75, 3.05) is 5.32 Å². The van der Waals surface area contributed by atoms with Gasteiger partial charge >= 0.3 is 17.8 Å². The third-order valence-electron chi connectivity index (χ3n) is 4.81. The van der Waals surface area contributed by atoms with Gasteiger partial charge < -0.3 is 10.1 Å². The molecule has 8 heteroatoms. The van der Waals surface area contributed by atoms with Crippen molar-refractivity contribution in [2.24, 2.45) is 5.10 Å². The summed E-state index contributed by atoms with van der Waals surface area (Å²) in [5.74, 6) is -2.00. The molecule has 0 aliphatic rings. The first-order valence-corrected chi connectivity index (χ1v) is 10.6. The van der Waals surface area contributed by atoms with Crippen molar-refractivity contribution >= 4 is 52.1 Å². The van der Waals surface area contributed by atoms with Crippen LogP contribution in [0.4, 0.5) is 5.69 Å². The van der Waals surface area contributed by atoms with Gasteiger partial charge in [-0.25, -0.2) is 10.2 Å². The van der Waals surface area contributed by atoms with Crippen LogP contribution in [0.15, 0.2) is 96.1 Å². The predicted molar refractivity (Wildman–Crippen MR) is 131 cm³/mol. The number of anilines is 1. The van der Waals surface area contributed by atoms with E-state index in [9.17, 15) is 14.4 Å². The van der Waals surface area contributed by atoms with Gasteiger partial charge in [-0.05, 0) is 53.4 Å². The van der Waals surface area contributed by atoms with Crippen LogP contribution in [0.5, 0.6) is 5.75 Å². The molecule has 34 heavy (non-hydrogen) atoms. The molecule has 0 atom stereocenters. The molecule has 0 saturated carbocycles. The number of rotatable bonds is 5. The minimum absolute atomic E-state index is 0.263. The quantitative estimate of drug-likeness (QED) is 0.144. The Kier molecular flexibility index (Phi) is 6.95. The SMILES string of the molecule is O=C(N/N=C/c1ccc(OC(=O)c2ccccc2Cl)cc1)C(=O)Nc1cccc2ccccc12. The largest absolute Gasteiger partial charge is 0.423 e. The van der Waals surface area contributed by atoms with Gasteiger partial charge in [0.05, 0.1) is 16.8 Å². The number of hydrazone groups is 1. The van der Waals surface area contributed by atoms with Crippen molar-refractivity contribution in [3.63, 3.8) is 0 Å². The Morgan fingerprint density at radius 2 is 1.50 bits per heavy atom. The van der Waals surface area contributed by atoms with E-state index in [2.05, 4.69) is 15.8 Å². The Morgan fingerprint density at radius 1 is 0.794 bits per heavy atom. The number of esters is 1. The van der Waals surface area contributed by atoms with Crippen LogP contribution in [-0.2, 0) is 9.59 Å². The first kappa shape index (κ1) is 22.7. The Hall–Kier alpha value is -4.49. The summed E-state index contributed by atoms with van der Waals surface area (Å²) in [6.45, 7) is 0. The minimum atomic E-state index is -0.908. The average Bonchev–Trinajstić information content (AvgIpc) is 2.85. The second-order valence-electron chi connectivity index (χ2n) is 7.12. The highest BCUT2D eigenvalue weighted by molar-refractivity contribution is 6.40. The summed E-state index contributed by atoms with van der Waals surface area (Å²) in [6.07, 6.45) is 1.36. The van der Waals surface area contributed by atoms with E-state index in [-0.39, 0.29) is 5.56 Å². The normalized spacial score (nSPS) is 10.7. The molecule has 0 spiro atoms. The highest BCUT2D eigenvalue weighted by Crippen LogP contribution is 2.23. The number of benzene rings is 4. The summed E-state index contributed by atoms with van der Waals surface area (Å²) in [7, 11) is 0. The van der Waals surface area contributed by atoms with E-state index in [1.165, 1.54) is 6.21 Å². The summed E-state index contributed by atoms with van der Waals surface area (Å²) < 4.78 is 5.31. The monoisotopic (exact) mass is 471 g/mol. The van der Waals surface area contributed by atoms with E-state index in [1.807, 2.05) is 30.3 Å². The number of ether oxygens (including phenoxy) is 1. The molecule has 0 radical (unpaired) electrons. The van der Waals surface area contributed by atoms with Gasteiger partial charge in [0.25, 0.3) is 0 Å². The van der Waals surface area contributed by atoms with Gasteiger partial charge in [0, 0.05) is 11.1 Å². The number of fused-ring (bicyclic) bond motifs is 1. The van der Waals surface area contributed by atoms with Crippen molar-refractivity contribution in [2.45, 2.75) is 0 Å². The molecule has 4 aromatic carbocycles. The first-order chi connectivity index (χ1) is 16.5. The molecule has 168 valence electrons. The molecule has 0 heterocycles. The molecule has 0 bridgehead atoms. The van der Waals surface area contributed by atoms with Gasteiger partial charge in [-0.3, -0.25) is 9.59 Å². The standard InChI is InChI=1S/C26H18ClN3O4/c27-22-10-4-3-9-21(22)26(33)34-19-14-12-17(13-15-19)16-28-30-25(32)24(31)29-23-11-5-7-18-6-1-2-8-20(18)23/h1-16H,(H,29,31)(H,30,32)/b28-16+. The zero-order chi connectivity index (χ0) is 23.9. The lowest BCUT2D eigenvalue weighted by molar-refractivity contribution is -0.136. The fourth-order valence-electron chi connectivity index (χ4n) is 3.14. The van der Waals surface area contributed by atoms with Crippen LogP contribution in [0.1, 0.15) is 15.9 Å². The number of hydrogen-bond acceptors (Lipinski definition) is 5. The number of amides is 2. The third-order valence-corrected chi connectivity index (χ3v) is 5.14. The van der Waals surface area contributed by atoms with Crippen LogP contribution in [0, 0.1) is 0 Å².